The van der Waals surface area contributed by atoms with Crippen LogP contribution in [0.2, 0.25) is 0 Å². The minimum absolute atomic E-state index is 0.236. The lowest BCUT2D eigenvalue weighted by atomic mass is 10.1. The van der Waals surface area contributed by atoms with Crippen LogP contribution in [-0.2, 0) is 11.2 Å². The quantitative estimate of drug-likeness (QED) is 0.441. The normalized spacial score (nSPS) is 10.8. The van der Waals surface area contributed by atoms with E-state index in [1.165, 1.54) is 11.3 Å². The molecular weight excluding hydrogens is 402 g/mol. The summed E-state index contributed by atoms with van der Waals surface area (Å²) in [7, 11) is 0. The highest BCUT2D eigenvalue weighted by Gasteiger charge is 2.23. The summed E-state index contributed by atoms with van der Waals surface area (Å²) in [5.74, 6) is -2.31. The number of nitrogens with one attached hydrogen (secondary N) is 1. The molecule has 0 aliphatic carbocycles. The second-order valence-corrected chi connectivity index (χ2v) is 7.56. The van der Waals surface area contributed by atoms with Crippen molar-refractivity contribution in [3.8, 4) is 16.3 Å². The van der Waals surface area contributed by atoms with Gasteiger partial charge in [-0.2, -0.15) is 0 Å². The summed E-state index contributed by atoms with van der Waals surface area (Å²) in [5, 5.41) is 22.5. The molecule has 4 aromatic rings. The fourth-order valence-electron chi connectivity index (χ4n) is 3.04. The highest BCUT2D eigenvalue weighted by molar-refractivity contribution is 7.21. The minimum atomic E-state index is -1.19. The number of aromatic nitrogens is 2. The van der Waals surface area contributed by atoms with Crippen molar-refractivity contribution in [2.75, 3.05) is 6.54 Å². The maximum absolute atomic E-state index is 12.5. The summed E-state index contributed by atoms with van der Waals surface area (Å²) in [4.78, 5) is 32.2. The van der Waals surface area contributed by atoms with E-state index in [-0.39, 0.29) is 17.0 Å². The van der Waals surface area contributed by atoms with E-state index in [1.54, 1.807) is 0 Å². The molecule has 7 nitrogen and oxygen atoms in total. The Morgan fingerprint density at radius 3 is 2.30 bits per heavy atom. The zero-order valence-electron chi connectivity index (χ0n) is 15.7. The van der Waals surface area contributed by atoms with Gasteiger partial charge in [0, 0.05) is 12.0 Å². The Bertz CT molecular complexity index is 1220. The molecule has 0 atom stereocenters. The lowest BCUT2D eigenvalue weighted by molar-refractivity contribution is -0.135. The zero-order valence-corrected chi connectivity index (χ0v) is 16.5. The van der Waals surface area contributed by atoms with Gasteiger partial charge in [-0.25, -0.2) is 9.97 Å². The van der Waals surface area contributed by atoms with E-state index in [2.05, 4.69) is 15.3 Å². The Hall–Kier alpha value is -3.78. The average Bonchev–Trinajstić information content (AvgIpc) is 3.22. The molecule has 0 aliphatic rings. The van der Waals surface area contributed by atoms with Gasteiger partial charge in [0.2, 0.25) is 0 Å². The van der Waals surface area contributed by atoms with Gasteiger partial charge >= 0.3 is 5.97 Å². The lowest BCUT2D eigenvalue weighted by Crippen LogP contribution is -2.30. The molecule has 0 radical (unpaired) electrons. The van der Waals surface area contributed by atoms with Crippen molar-refractivity contribution in [2.24, 2.45) is 0 Å². The monoisotopic (exact) mass is 419 g/mol. The van der Waals surface area contributed by atoms with Crippen LogP contribution in [0.5, 0.6) is 5.75 Å². The number of thiazole rings is 1. The third kappa shape index (κ3) is 3.99. The molecule has 150 valence electrons. The lowest BCUT2D eigenvalue weighted by Gasteiger charge is -2.09. The number of carboxylic acids is 1. The van der Waals surface area contributed by atoms with Gasteiger partial charge in [0.25, 0.3) is 5.91 Å². The van der Waals surface area contributed by atoms with E-state index < -0.39 is 18.4 Å². The van der Waals surface area contributed by atoms with Gasteiger partial charge in [0.15, 0.2) is 11.4 Å². The number of aromatic hydroxyl groups is 1. The first kappa shape index (κ1) is 19.5. The second-order valence-electron chi connectivity index (χ2n) is 6.56. The number of carbonyl (C=O) groups is 2. The number of aliphatic carboxylic acids is 1. The van der Waals surface area contributed by atoms with Crippen LogP contribution >= 0.6 is 11.3 Å². The van der Waals surface area contributed by atoms with E-state index in [0.29, 0.717) is 21.8 Å². The Kier molecular flexibility index (Phi) is 5.40. The molecule has 0 saturated carbocycles. The van der Waals surface area contributed by atoms with Crippen LogP contribution in [0, 0.1) is 0 Å². The summed E-state index contributed by atoms with van der Waals surface area (Å²) in [6.45, 7) is -0.571. The highest BCUT2D eigenvalue weighted by atomic mass is 32.1. The molecule has 8 heteroatoms. The van der Waals surface area contributed by atoms with Crippen LogP contribution in [0.15, 0.2) is 60.7 Å². The molecule has 0 bridgehead atoms. The highest BCUT2D eigenvalue weighted by Crippen LogP contribution is 2.38. The largest absolute Gasteiger partial charge is 0.504 e. The van der Waals surface area contributed by atoms with Crippen molar-refractivity contribution in [2.45, 2.75) is 6.42 Å². The molecule has 2 aromatic heterocycles. The number of hydrogen-bond donors (Lipinski definition) is 3. The molecule has 0 saturated heterocycles. The van der Waals surface area contributed by atoms with Crippen molar-refractivity contribution >= 4 is 33.4 Å². The summed E-state index contributed by atoms with van der Waals surface area (Å²) < 4.78 is 0.685. The Morgan fingerprint density at radius 2 is 1.63 bits per heavy atom. The summed E-state index contributed by atoms with van der Waals surface area (Å²) in [6.07, 6.45) is 0.438. The predicted octanol–water partition coefficient (Wildman–Crippen LogP) is 3.47. The SMILES string of the molecule is O=C(O)CNC(=O)c1nc(Cc2ccccc2)c2sc(-c3ccccc3)nc2c1O. The smallest absolute Gasteiger partial charge is 0.322 e. The number of nitrogens with zero attached hydrogens (tertiary/aromatic N) is 2. The van der Waals surface area contributed by atoms with E-state index in [4.69, 9.17) is 5.11 Å². The summed E-state index contributed by atoms with van der Waals surface area (Å²) in [6, 6.07) is 19.2. The minimum Gasteiger partial charge on any atom is -0.504 e. The van der Waals surface area contributed by atoms with Gasteiger partial charge in [-0.15, -0.1) is 11.3 Å². The molecule has 0 spiro atoms. The maximum Gasteiger partial charge on any atom is 0.322 e. The fourth-order valence-corrected chi connectivity index (χ4v) is 4.10. The number of carboxylic acid groups (broad SMARTS) is 1. The first-order valence-corrected chi connectivity index (χ1v) is 9.96. The first-order valence-electron chi connectivity index (χ1n) is 9.14. The number of benzene rings is 2. The van der Waals surface area contributed by atoms with Crippen molar-refractivity contribution < 1.29 is 19.8 Å². The predicted molar refractivity (Wildman–Crippen MR) is 114 cm³/mol. The number of pyridine rings is 1. The maximum atomic E-state index is 12.5. The third-order valence-corrected chi connectivity index (χ3v) is 5.59. The number of hydrogen-bond acceptors (Lipinski definition) is 6. The Balaban J connectivity index is 1.85. The second kappa shape index (κ2) is 8.30. The number of amides is 1. The number of carbonyl (C=O) groups excluding carboxylic acids is 1. The van der Waals surface area contributed by atoms with E-state index in [9.17, 15) is 14.7 Å². The van der Waals surface area contributed by atoms with Crippen LogP contribution in [0.3, 0.4) is 0 Å². The Morgan fingerprint density at radius 1 is 0.967 bits per heavy atom. The third-order valence-electron chi connectivity index (χ3n) is 4.44. The molecule has 2 aromatic carbocycles. The average molecular weight is 419 g/mol. The van der Waals surface area contributed by atoms with Gasteiger partial charge in [-0.05, 0) is 5.56 Å². The molecule has 4 rings (SSSR count). The van der Waals surface area contributed by atoms with Gasteiger partial charge < -0.3 is 15.5 Å². The van der Waals surface area contributed by atoms with Crippen LogP contribution < -0.4 is 5.32 Å². The van der Waals surface area contributed by atoms with Gasteiger partial charge in [-0.3, -0.25) is 9.59 Å². The Labute approximate surface area is 175 Å². The van der Waals surface area contributed by atoms with E-state index >= 15 is 0 Å². The van der Waals surface area contributed by atoms with Crippen LogP contribution in [-0.4, -0.2) is 38.6 Å². The van der Waals surface area contributed by atoms with Crippen LogP contribution in [0.25, 0.3) is 20.8 Å². The van der Waals surface area contributed by atoms with Gasteiger partial charge in [0.05, 0.1) is 10.4 Å². The molecule has 2 heterocycles. The molecule has 0 aliphatic heterocycles. The molecule has 1 amide bonds. The molecule has 0 fully saturated rings. The number of rotatable bonds is 6. The van der Waals surface area contributed by atoms with E-state index in [1.807, 2.05) is 60.7 Å². The van der Waals surface area contributed by atoms with Crippen molar-refractivity contribution in [3.05, 3.63) is 77.6 Å². The van der Waals surface area contributed by atoms with Crippen molar-refractivity contribution in [1.29, 1.82) is 0 Å². The molecular formula is C22H17N3O4S. The van der Waals surface area contributed by atoms with Gasteiger partial charge in [0.1, 0.15) is 17.1 Å². The van der Waals surface area contributed by atoms with Crippen molar-refractivity contribution in [1.82, 2.24) is 15.3 Å². The molecule has 30 heavy (non-hydrogen) atoms. The standard InChI is InChI=1S/C22H17N3O4S/c26-16(27)12-23-21(29)18-19(28)17-20(15(24-18)11-13-7-3-1-4-8-13)30-22(25-17)14-9-5-2-6-10-14/h1-10,28H,11-12H2,(H,23,29)(H,26,27). The first-order chi connectivity index (χ1) is 14.5. The molecule has 0 unspecified atom stereocenters. The zero-order chi connectivity index (χ0) is 21.1. The summed E-state index contributed by atoms with van der Waals surface area (Å²) >= 11 is 1.39. The molecule has 3 N–H and O–H groups in total. The van der Waals surface area contributed by atoms with Crippen LogP contribution in [0.1, 0.15) is 21.7 Å². The van der Waals surface area contributed by atoms with Crippen LogP contribution in [0.4, 0.5) is 0 Å². The summed E-state index contributed by atoms with van der Waals surface area (Å²) in [5.41, 5.74) is 2.51. The fraction of sp³-hybridized carbons (Fsp3) is 0.0909. The van der Waals surface area contributed by atoms with E-state index in [0.717, 1.165) is 11.1 Å². The van der Waals surface area contributed by atoms with Crippen molar-refractivity contribution in [3.63, 3.8) is 0 Å². The van der Waals surface area contributed by atoms with Gasteiger partial charge in [-0.1, -0.05) is 60.7 Å². The topological polar surface area (TPSA) is 112 Å². The number of fused-ring (bicyclic) bond motifs is 1.